The van der Waals surface area contributed by atoms with Crippen LogP contribution in [0, 0.1) is 6.92 Å². The zero-order valence-electron chi connectivity index (χ0n) is 16.1. The van der Waals surface area contributed by atoms with Crippen LogP contribution in [0.5, 0.6) is 11.5 Å². The predicted octanol–water partition coefficient (Wildman–Crippen LogP) is 4.56. The number of hydrogen-bond donors (Lipinski definition) is 1. The monoisotopic (exact) mass is 421 g/mol. The average Bonchev–Trinajstić information content (AvgIpc) is 2.92. The van der Waals surface area contributed by atoms with Gasteiger partial charge in [-0.2, -0.15) is 0 Å². The van der Waals surface area contributed by atoms with E-state index in [1.807, 2.05) is 6.92 Å². The van der Waals surface area contributed by atoms with Crippen molar-refractivity contribution < 1.29 is 37.3 Å². The molecule has 0 aliphatic rings. The minimum Gasteiger partial charge on any atom is -0.494 e. The molecule has 2 aromatic carbocycles. The van der Waals surface area contributed by atoms with E-state index in [9.17, 15) is 27.9 Å². The molecule has 0 aliphatic carbocycles. The number of rotatable bonds is 6. The van der Waals surface area contributed by atoms with Crippen molar-refractivity contribution >= 4 is 22.8 Å². The molecule has 0 atom stereocenters. The van der Waals surface area contributed by atoms with E-state index < -0.39 is 24.0 Å². The van der Waals surface area contributed by atoms with Gasteiger partial charge in [-0.05, 0) is 61.9 Å². The first-order chi connectivity index (χ1) is 14.1. The molecule has 0 fully saturated rings. The summed E-state index contributed by atoms with van der Waals surface area (Å²) >= 11 is 0. The Kier molecular flexibility index (Phi) is 5.73. The highest BCUT2D eigenvalue weighted by Crippen LogP contribution is 2.31. The summed E-state index contributed by atoms with van der Waals surface area (Å²) < 4.78 is 47.7. The average molecular weight is 421 g/mol. The Morgan fingerprint density at radius 2 is 1.70 bits per heavy atom. The molecule has 0 saturated heterocycles. The van der Waals surface area contributed by atoms with Gasteiger partial charge >= 0.3 is 12.3 Å². The lowest BCUT2D eigenvalue weighted by Crippen LogP contribution is -2.17. The van der Waals surface area contributed by atoms with Crippen LogP contribution in [0.4, 0.5) is 13.2 Å². The molecule has 1 aromatic heterocycles. The second kappa shape index (κ2) is 8.10. The van der Waals surface area contributed by atoms with Crippen LogP contribution in [0.1, 0.15) is 28.5 Å². The molecule has 0 spiro atoms. The summed E-state index contributed by atoms with van der Waals surface area (Å²) in [5.41, 5.74) is 1.50. The molecule has 0 bridgehead atoms. The highest BCUT2D eigenvalue weighted by molar-refractivity contribution is 6.05. The Balaban J connectivity index is 2.07. The molecule has 0 aliphatic heterocycles. The van der Waals surface area contributed by atoms with E-state index in [-0.39, 0.29) is 12.0 Å². The lowest BCUT2D eigenvalue weighted by molar-refractivity contribution is -0.274. The zero-order chi connectivity index (χ0) is 22.1. The third-order valence-electron chi connectivity index (χ3n) is 4.48. The maximum Gasteiger partial charge on any atom is 0.573 e. The molecule has 0 unspecified atom stereocenters. The highest BCUT2D eigenvalue weighted by atomic mass is 19.4. The normalized spacial score (nSPS) is 11.5. The van der Waals surface area contributed by atoms with Crippen LogP contribution in [0.2, 0.25) is 0 Å². The van der Waals surface area contributed by atoms with E-state index in [0.29, 0.717) is 34.5 Å². The van der Waals surface area contributed by atoms with Crippen molar-refractivity contribution in [3.05, 3.63) is 59.3 Å². The largest absolute Gasteiger partial charge is 0.573 e. The Morgan fingerprint density at radius 3 is 2.27 bits per heavy atom. The van der Waals surface area contributed by atoms with Crippen LogP contribution in [-0.4, -0.2) is 34.5 Å². The maximum absolute atomic E-state index is 13.1. The molecular formula is C21H18F3NO5. The molecule has 9 heteroatoms. The van der Waals surface area contributed by atoms with Crippen LogP contribution in [0.25, 0.3) is 10.9 Å². The molecule has 30 heavy (non-hydrogen) atoms. The Hall–Kier alpha value is -3.49. The molecule has 3 aromatic rings. The Bertz CT molecular complexity index is 1100. The van der Waals surface area contributed by atoms with Crippen molar-refractivity contribution in [2.45, 2.75) is 26.6 Å². The van der Waals surface area contributed by atoms with Gasteiger partial charge in [0.05, 0.1) is 18.5 Å². The van der Waals surface area contributed by atoms with Crippen molar-refractivity contribution in [1.29, 1.82) is 0 Å². The molecule has 158 valence electrons. The van der Waals surface area contributed by atoms with Gasteiger partial charge in [-0.15, -0.1) is 13.2 Å². The third-order valence-corrected chi connectivity index (χ3v) is 4.48. The van der Waals surface area contributed by atoms with Gasteiger partial charge in [0, 0.05) is 16.6 Å². The number of carboxylic acid groups (broad SMARTS) is 1. The van der Waals surface area contributed by atoms with Gasteiger partial charge in [-0.1, -0.05) is 0 Å². The van der Waals surface area contributed by atoms with Gasteiger partial charge in [0.25, 0.3) is 5.91 Å². The fourth-order valence-electron chi connectivity index (χ4n) is 3.28. The number of benzene rings is 2. The van der Waals surface area contributed by atoms with Crippen molar-refractivity contribution in [3.63, 3.8) is 0 Å². The van der Waals surface area contributed by atoms with Gasteiger partial charge in [0.15, 0.2) is 0 Å². The van der Waals surface area contributed by atoms with E-state index in [1.54, 1.807) is 25.1 Å². The summed E-state index contributed by atoms with van der Waals surface area (Å²) in [7, 11) is 0. The zero-order valence-corrected chi connectivity index (χ0v) is 16.1. The number of nitrogens with zero attached hydrogens (tertiary/aromatic N) is 1. The lowest BCUT2D eigenvalue weighted by atomic mass is 10.1. The van der Waals surface area contributed by atoms with E-state index in [2.05, 4.69) is 4.74 Å². The fourth-order valence-corrected chi connectivity index (χ4v) is 3.28. The van der Waals surface area contributed by atoms with Crippen LogP contribution in [-0.2, 0) is 11.2 Å². The third kappa shape index (κ3) is 4.40. The first kappa shape index (κ1) is 21.2. The number of carbonyl (C=O) groups excluding carboxylic acids is 1. The van der Waals surface area contributed by atoms with Gasteiger partial charge in [-0.25, -0.2) is 0 Å². The number of halogens is 3. The molecule has 1 N–H and O–H groups in total. The van der Waals surface area contributed by atoms with Crippen molar-refractivity contribution in [2.75, 3.05) is 6.61 Å². The Morgan fingerprint density at radius 1 is 1.07 bits per heavy atom. The molecular weight excluding hydrogens is 403 g/mol. The summed E-state index contributed by atoms with van der Waals surface area (Å²) in [5, 5.41) is 9.84. The maximum atomic E-state index is 13.1. The van der Waals surface area contributed by atoms with Crippen molar-refractivity contribution in [3.8, 4) is 11.5 Å². The van der Waals surface area contributed by atoms with E-state index in [0.717, 1.165) is 12.1 Å². The number of alkyl halides is 3. The van der Waals surface area contributed by atoms with Crippen LogP contribution >= 0.6 is 0 Å². The molecule has 0 radical (unpaired) electrons. The number of aliphatic carboxylic acids is 1. The SMILES string of the molecule is CCOc1ccc2c(c1)c(CC(=O)O)c(C)n2C(=O)c1ccc(OC(F)(F)F)cc1. The number of aromatic nitrogens is 1. The quantitative estimate of drug-likeness (QED) is 0.631. The summed E-state index contributed by atoms with van der Waals surface area (Å²) in [6.45, 7) is 3.86. The van der Waals surface area contributed by atoms with Gasteiger partial charge < -0.3 is 14.6 Å². The minimum absolute atomic E-state index is 0.125. The first-order valence-electron chi connectivity index (χ1n) is 8.99. The van der Waals surface area contributed by atoms with E-state index in [1.165, 1.54) is 16.7 Å². The fraction of sp³-hybridized carbons (Fsp3) is 0.238. The first-order valence-corrected chi connectivity index (χ1v) is 8.99. The molecule has 3 rings (SSSR count). The van der Waals surface area contributed by atoms with Crippen LogP contribution < -0.4 is 9.47 Å². The van der Waals surface area contributed by atoms with Gasteiger partial charge in [0.1, 0.15) is 11.5 Å². The summed E-state index contributed by atoms with van der Waals surface area (Å²) in [6, 6.07) is 9.53. The molecule has 1 heterocycles. The summed E-state index contributed by atoms with van der Waals surface area (Å²) in [6.07, 6.45) is -5.13. The number of hydrogen-bond acceptors (Lipinski definition) is 4. The molecule has 6 nitrogen and oxygen atoms in total. The smallest absolute Gasteiger partial charge is 0.494 e. The van der Waals surface area contributed by atoms with Gasteiger partial charge in [0.2, 0.25) is 0 Å². The number of fused-ring (bicyclic) bond motifs is 1. The second-order valence-electron chi connectivity index (χ2n) is 6.46. The Labute approximate surface area is 169 Å². The van der Waals surface area contributed by atoms with Crippen molar-refractivity contribution in [2.24, 2.45) is 0 Å². The van der Waals surface area contributed by atoms with Crippen LogP contribution in [0.3, 0.4) is 0 Å². The lowest BCUT2D eigenvalue weighted by Gasteiger charge is -2.10. The topological polar surface area (TPSA) is 77.8 Å². The highest BCUT2D eigenvalue weighted by Gasteiger charge is 2.31. The molecule has 0 amide bonds. The minimum atomic E-state index is -4.83. The van der Waals surface area contributed by atoms with E-state index >= 15 is 0 Å². The predicted molar refractivity (Wildman–Crippen MR) is 102 cm³/mol. The van der Waals surface area contributed by atoms with Crippen LogP contribution in [0.15, 0.2) is 42.5 Å². The second-order valence-corrected chi connectivity index (χ2v) is 6.46. The summed E-state index contributed by atoms with van der Waals surface area (Å²) in [4.78, 5) is 24.5. The standard InChI is InChI=1S/C21H18F3NO5/c1-3-29-15-8-9-18-17(10-15)16(11-19(26)27)12(2)25(18)20(28)13-4-6-14(7-5-13)30-21(22,23)24/h4-10H,3,11H2,1-2H3,(H,26,27). The van der Waals surface area contributed by atoms with Crippen molar-refractivity contribution in [1.82, 2.24) is 4.57 Å². The number of ether oxygens (including phenoxy) is 2. The molecule has 0 saturated carbocycles. The van der Waals surface area contributed by atoms with E-state index in [4.69, 9.17) is 4.74 Å². The van der Waals surface area contributed by atoms with Gasteiger partial charge in [-0.3, -0.25) is 14.2 Å². The summed E-state index contributed by atoms with van der Waals surface area (Å²) in [5.74, 6) is -1.46. The number of carbonyl (C=O) groups is 2. The number of carboxylic acids is 1.